The molecule has 2 amide bonds. The van der Waals surface area contributed by atoms with Gasteiger partial charge in [-0.05, 0) is 19.1 Å². The number of ether oxygens (including phenoxy) is 1. The van der Waals surface area contributed by atoms with E-state index in [2.05, 4.69) is 15.6 Å². The van der Waals surface area contributed by atoms with E-state index in [9.17, 15) is 9.59 Å². The van der Waals surface area contributed by atoms with E-state index in [1.165, 1.54) is 38.4 Å². The van der Waals surface area contributed by atoms with Crippen LogP contribution < -0.4 is 21.1 Å². The number of hydrogen-bond donors (Lipinski definition) is 4. The molecule has 0 unspecified atom stereocenters. The number of amides is 2. The van der Waals surface area contributed by atoms with Gasteiger partial charge in [-0.2, -0.15) is 0 Å². The van der Waals surface area contributed by atoms with Gasteiger partial charge in [0.05, 0.1) is 41.2 Å². The van der Waals surface area contributed by atoms with Gasteiger partial charge in [0.15, 0.2) is 5.82 Å². The molecule has 1 aliphatic rings. The van der Waals surface area contributed by atoms with Crippen LogP contribution in [-0.2, 0) is 10.3 Å². The highest BCUT2D eigenvalue weighted by atomic mass is 35.5. The number of benzene rings is 2. The smallest absolute Gasteiger partial charge is 0.411 e. The first kappa shape index (κ1) is 22.2. The monoisotopic (exact) mass is 449 g/mol. The second-order valence-electron chi connectivity index (χ2n) is 7.14. The van der Waals surface area contributed by atoms with Crippen molar-refractivity contribution in [1.29, 1.82) is 0 Å². The highest BCUT2D eigenvalue weighted by molar-refractivity contribution is 6.32. The van der Waals surface area contributed by atoms with Gasteiger partial charge in [-0.1, -0.05) is 23.7 Å². The normalized spacial score (nSPS) is 18.4. The number of aliphatic imine (C=N–C) groups is 1. The summed E-state index contributed by atoms with van der Waals surface area (Å²) >= 11 is 6.14. The molecule has 0 bridgehead atoms. The van der Waals surface area contributed by atoms with Crippen LogP contribution in [0.2, 0.25) is 5.02 Å². The summed E-state index contributed by atoms with van der Waals surface area (Å²) in [5, 5.41) is 14.3. The number of methoxy groups -OCH3 is 1. The summed E-state index contributed by atoms with van der Waals surface area (Å²) in [6.45, 7) is 1.56. The molecule has 0 radical (unpaired) electrons. The summed E-state index contributed by atoms with van der Waals surface area (Å²) in [4.78, 5) is 28.9. The summed E-state index contributed by atoms with van der Waals surface area (Å²) in [5.74, 6) is -0.878. The lowest BCUT2D eigenvalue weighted by Gasteiger charge is -2.35. The number of halogens is 2. The number of carbonyl (C=O) groups excluding carboxylic acids is 1. The van der Waals surface area contributed by atoms with Crippen LogP contribution >= 0.6 is 11.6 Å². The van der Waals surface area contributed by atoms with Gasteiger partial charge in [-0.15, -0.1) is 0 Å². The van der Waals surface area contributed by atoms with E-state index in [1.54, 1.807) is 13.0 Å². The third-order valence-corrected chi connectivity index (χ3v) is 5.23. The lowest BCUT2D eigenvalue weighted by atomic mass is 9.87. The minimum Gasteiger partial charge on any atom is -0.495 e. The second kappa shape index (κ2) is 8.31. The number of nitrogen functional groups attached to an aromatic ring is 1. The number of carboxylic acid groups (broad SMARTS) is 1. The number of guanidine groups is 1. The molecule has 2 aromatic rings. The van der Waals surface area contributed by atoms with E-state index in [-0.39, 0.29) is 34.3 Å². The number of anilines is 3. The standard InChI is InChI=1S/C20H21ClFN5O4/c1-20(9-16(28)27(2)18(26-20)25-19(29)30)10-5-4-6-13(17(10)22)24-14-7-11(21)15(31-3)8-12(14)23/h4-8,24H,9,23H2,1-3H3,(H,25,26)(H,29,30)/t20-/m0/s1. The molecule has 1 atom stereocenters. The van der Waals surface area contributed by atoms with E-state index in [4.69, 9.17) is 27.2 Å². The number of nitrogens with zero attached hydrogens (tertiary/aromatic N) is 2. The molecule has 0 fully saturated rings. The summed E-state index contributed by atoms with van der Waals surface area (Å²) in [5.41, 5.74) is 5.53. The Morgan fingerprint density at radius 2 is 2.10 bits per heavy atom. The van der Waals surface area contributed by atoms with Gasteiger partial charge < -0.3 is 20.9 Å². The summed E-state index contributed by atoms with van der Waals surface area (Å²) in [6, 6.07) is 7.60. The van der Waals surface area contributed by atoms with Crippen LogP contribution in [0.15, 0.2) is 35.3 Å². The molecule has 0 aromatic heterocycles. The molecule has 0 saturated heterocycles. The van der Waals surface area contributed by atoms with Gasteiger partial charge in [0.25, 0.3) is 0 Å². The molecule has 9 nitrogen and oxygen atoms in total. The van der Waals surface area contributed by atoms with Crippen LogP contribution in [0.4, 0.5) is 26.2 Å². The van der Waals surface area contributed by atoms with Gasteiger partial charge in [-0.3, -0.25) is 15.0 Å². The molecule has 164 valence electrons. The zero-order valence-corrected chi connectivity index (χ0v) is 17.7. The third kappa shape index (κ3) is 4.33. The van der Waals surface area contributed by atoms with Crippen molar-refractivity contribution in [3.05, 3.63) is 46.7 Å². The summed E-state index contributed by atoms with van der Waals surface area (Å²) < 4.78 is 20.6. The van der Waals surface area contributed by atoms with E-state index >= 15 is 4.39 Å². The molecule has 5 N–H and O–H groups in total. The highest BCUT2D eigenvalue weighted by Crippen LogP contribution is 2.39. The maximum Gasteiger partial charge on any atom is 0.411 e. The van der Waals surface area contributed by atoms with Gasteiger partial charge >= 0.3 is 6.09 Å². The first-order valence-electron chi connectivity index (χ1n) is 9.11. The Kier molecular flexibility index (Phi) is 5.94. The van der Waals surface area contributed by atoms with Crippen LogP contribution in [0.1, 0.15) is 18.9 Å². The molecular weight excluding hydrogens is 429 g/mol. The van der Waals surface area contributed by atoms with Crippen molar-refractivity contribution in [3.8, 4) is 5.75 Å². The molecule has 1 aliphatic heterocycles. The lowest BCUT2D eigenvalue weighted by Crippen LogP contribution is -2.51. The van der Waals surface area contributed by atoms with E-state index < -0.39 is 23.4 Å². The van der Waals surface area contributed by atoms with Crippen LogP contribution in [0.5, 0.6) is 5.75 Å². The Bertz CT molecular complexity index is 1090. The number of rotatable bonds is 4. The Morgan fingerprint density at radius 1 is 1.39 bits per heavy atom. The number of nitrogens with two attached hydrogens (primary N) is 1. The number of carbonyl (C=O) groups is 2. The predicted octanol–water partition coefficient (Wildman–Crippen LogP) is 3.51. The van der Waals surface area contributed by atoms with Crippen LogP contribution in [0.25, 0.3) is 0 Å². The second-order valence-corrected chi connectivity index (χ2v) is 7.54. The SMILES string of the molecule is COc1cc(N)c(Nc2cccc([C@]3(C)CC(=O)N(C)C(NC(=O)O)=N3)c2F)cc1Cl. The Morgan fingerprint density at radius 3 is 2.74 bits per heavy atom. The van der Waals surface area contributed by atoms with Crippen molar-refractivity contribution in [3.63, 3.8) is 0 Å². The number of hydrogen-bond acceptors (Lipinski definition) is 6. The van der Waals surface area contributed by atoms with Crippen LogP contribution in [-0.4, -0.2) is 42.1 Å². The van der Waals surface area contributed by atoms with Crippen molar-refractivity contribution >= 4 is 46.6 Å². The first-order chi connectivity index (χ1) is 14.6. The Balaban J connectivity index is 2.03. The Labute approximate surface area is 182 Å². The summed E-state index contributed by atoms with van der Waals surface area (Å²) in [6.07, 6.45) is -1.53. The van der Waals surface area contributed by atoms with Gasteiger partial charge in [-0.25, -0.2) is 14.2 Å². The maximum atomic E-state index is 15.5. The molecule has 11 heteroatoms. The molecule has 2 aromatic carbocycles. The quantitative estimate of drug-likeness (QED) is 0.528. The van der Waals surface area contributed by atoms with E-state index in [1.807, 2.05) is 0 Å². The number of nitrogens with one attached hydrogen (secondary N) is 2. The van der Waals surface area contributed by atoms with E-state index in [0.717, 1.165) is 4.90 Å². The average Bonchev–Trinajstić information content (AvgIpc) is 2.69. The van der Waals surface area contributed by atoms with Gasteiger partial charge in [0.2, 0.25) is 11.9 Å². The zero-order valence-electron chi connectivity index (χ0n) is 17.0. The predicted molar refractivity (Wildman–Crippen MR) is 115 cm³/mol. The lowest BCUT2D eigenvalue weighted by molar-refractivity contribution is -0.128. The minimum atomic E-state index is -1.38. The molecule has 31 heavy (non-hydrogen) atoms. The molecule has 0 spiro atoms. The van der Waals surface area contributed by atoms with Crippen LogP contribution in [0.3, 0.4) is 0 Å². The van der Waals surface area contributed by atoms with E-state index in [0.29, 0.717) is 11.4 Å². The largest absolute Gasteiger partial charge is 0.495 e. The van der Waals surface area contributed by atoms with Gasteiger partial charge in [0.1, 0.15) is 5.75 Å². The van der Waals surface area contributed by atoms with Crippen molar-refractivity contribution in [2.45, 2.75) is 18.9 Å². The maximum absolute atomic E-state index is 15.5. The molecule has 1 heterocycles. The first-order valence-corrected chi connectivity index (χ1v) is 9.49. The fourth-order valence-electron chi connectivity index (χ4n) is 3.27. The highest BCUT2D eigenvalue weighted by Gasteiger charge is 2.39. The fourth-order valence-corrected chi connectivity index (χ4v) is 3.51. The van der Waals surface area contributed by atoms with Crippen molar-refractivity contribution in [2.24, 2.45) is 4.99 Å². The zero-order chi connectivity index (χ0) is 22.9. The topological polar surface area (TPSA) is 129 Å². The van der Waals surface area contributed by atoms with Crippen LogP contribution in [0, 0.1) is 5.82 Å². The molecule has 0 saturated carbocycles. The van der Waals surface area contributed by atoms with Gasteiger partial charge in [0, 0.05) is 18.7 Å². The van der Waals surface area contributed by atoms with Crippen molar-refractivity contribution in [2.75, 3.05) is 25.2 Å². The summed E-state index contributed by atoms with van der Waals surface area (Å²) in [7, 11) is 2.84. The fraction of sp³-hybridized carbons (Fsp3) is 0.250. The third-order valence-electron chi connectivity index (χ3n) is 4.93. The molecule has 0 aliphatic carbocycles. The molecular formula is C20H21ClFN5O4. The molecule has 3 rings (SSSR count). The average molecular weight is 450 g/mol. The van der Waals surface area contributed by atoms with Crippen molar-refractivity contribution < 1.29 is 23.8 Å². The Hall–Kier alpha value is -3.53. The van der Waals surface area contributed by atoms with Crippen molar-refractivity contribution in [1.82, 2.24) is 10.2 Å². The minimum absolute atomic E-state index is 0.0842.